The molecule has 0 aromatic heterocycles. The fourth-order valence-electron chi connectivity index (χ4n) is 2.13. The lowest BCUT2D eigenvalue weighted by atomic mass is 10.2. The summed E-state index contributed by atoms with van der Waals surface area (Å²) in [4.78, 5) is 2.07. The van der Waals surface area contributed by atoms with Crippen LogP contribution < -0.4 is 20.5 Å². The maximum Gasteiger partial charge on any atom is 0.165 e. The zero-order chi connectivity index (χ0) is 16.7. The monoisotopic (exact) mass is 315 g/mol. The van der Waals surface area contributed by atoms with Crippen LogP contribution in [0.1, 0.15) is 5.56 Å². The molecule has 0 unspecified atom stereocenters. The molecular weight excluding hydrogens is 290 g/mol. The zero-order valence-electron chi connectivity index (χ0n) is 14.0. The van der Waals surface area contributed by atoms with Crippen molar-refractivity contribution >= 4 is 11.4 Å². The molecule has 0 bridgehead atoms. The van der Waals surface area contributed by atoms with E-state index >= 15 is 0 Å². The Bertz CT molecular complexity index is 612. The number of nitrogens with one attached hydrogen (secondary N) is 1. The third kappa shape index (κ3) is 5.07. The average Bonchev–Trinajstić information content (AvgIpc) is 2.55. The molecule has 2 aromatic rings. The lowest BCUT2D eigenvalue weighted by Gasteiger charge is -2.17. The molecule has 0 aliphatic heterocycles. The predicted molar refractivity (Wildman–Crippen MR) is 95.2 cm³/mol. The summed E-state index contributed by atoms with van der Waals surface area (Å²) in [5.41, 5.74) is 8.75. The van der Waals surface area contributed by atoms with Crippen LogP contribution in [-0.4, -0.2) is 39.3 Å². The van der Waals surface area contributed by atoms with Crippen LogP contribution in [0.2, 0.25) is 0 Å². The molecule has 2 aromatic carbocycles. The highest BCUT2D eigenvalue weighted by molar-refractivity contribution is 5.69. The Balaban J connectivity index is 2.01. The van der Waals surface area contributed by atoms with Crippen molar-refractivity contribution in [3.05, 3.63) is 48.0 Å². The molecule has 0 saturated carbocycles. The molecule has 0 aliphatic rings. The molecule has 0 amide bonds. The number of para-hydroxylation sites is 1. The normalized spacial score (nSPS) is 10.6. The van der Waals surface area contributed by atoms with Gasteiger partial charge in [-0.05, 0) is 43.9 Å². The molecule has 124 valence electrons. The van der Waals surface area contributed by atoms with E-state index in [9.17, 15) is 0 Å². The number of benzene rings is 2. The van der Waals surface area contributed by atoms with Gasteiger partial charge >= 0.3 is 0 Å². The average molecular weight is 315 g/mol. The molecule has 23 heavy (non-hydrogen) atoms. The van der Waals surface area contributed by atoms with Crippen molar-refractivity contribution in [1.29, 1.82) is 0 Å². The Morgan fingerprint density at radius 1 is 1.09 bits per heavy atom. The summed E-state index contributed by atoms with van der Waals surface area (Å²) in [5, 5.41) is 3.39. The highest BCUT2D eigenvalue weighted by atomic mass is 16.5. The third-order valence-electron chi connectivity index (χ3n) is 3.47. The molecular formula is C18H25N3O2. The molecule has 0 heterocycles. The van der Waals surface area contributed by atoms with Gasteiger partial charge in [0.05, 0.1) is 18.5 Å². The van der Waals surface area contributed by atoms with Crippen LogP contribution in [0.5, 0.6) is 11.5 Å². The first-order valence-electron chi connectivity index (χ1n) is 7.63. The van der Waals surface area contributed by atoms with E-state index in [2.05, 4.69) is 10.2 Å². The SMILES string of the molecule is COc1ccc(CNc2cccc(N)c2OCCN(C)C)cc1. The Kier molecular flexibility index (Phi) is 6.11. The standard InChI is InChI=1S/C18H25N3O2/c1-21(2)11-12-23-18-16(19)5-4-6-17(18)20-13-14-7-9-15(22-3)10-8-14/h4-10,20H,11-13,19H2,1-3H3. The van der Waals surface area contributed by atoms with Crippen LogP contribution in [-0.2, 0) is 6.54 Å². The van der Waals surface area contributed by atoms with E-state index in [0.29, 0.717) is 24.6 Å². The number of nitrogens with two attached hydrogens (primary N) is 1. The van der Waals surface area contributed by atoms with Gasteiger partial charge < -0.3 is 25.4 Å². The van der Waals surface area contributed by atoms with Crippen molar-refractivity contribution < 1.29 is 9.47 Å². The summed E-state index contributed by atoms with van der Waals surface area (Å²) < 4.78 is 11.0. The van der Waals surface area contributed by atoms with E-state index in [0.717, 1.165) is 23.5 Å². The maximum atomic E-state index is 6.05. The quantitative estimate of drug-likeness (QED) is 0.734. The zero-order valence-corrected chi connectivity index (χ0v) is 14.0. The maximum absolute atomic E-state index is 6.05. The van der Waals surface area contributed by atoms with Gasteiger partial charge in [0.25, 0.3) is 0 Å². The van der Waals surface area contributed by atoms with Crippen LogP contribution >= 0.6 is 0 Å². The van der Waals surface area contributed by atoms with Crippen LogP contribution in [0, 0.1) is 0 Å². The second-order valence-corrected chi connectivity index (χ2v) is 5.58. The molecule has 2 rings (SSSR count). The van der Waals surface area contributed by atoms with Crippen LogP contribution in [0.25, 0.3) is 0 Å². The fourth-order valence-corrected chi connectivity index (χ4v) is 2.13. The van der Waals surface area contributed by atoms with Crippen LogP contribution in [0.3, 0.4) is 0 Å². The van der Waals surface area contributed by atoms with Crippen molar-refractivity contribution in [1.82, 2.24) is 4.90 Å². The minimum Gasteiger partial charge on any atom is -0.497 e. The second-order valence-electron chi connectivity index (χ2n) is 5.58. The number of methoxy groups -OCH3 is 1. The van der Waals surface area contributed by atoms with Gasteiger partial charge in [0.15, 0.2) is 5.75 Å². The van der Waals surface area contributed by atoms with Gasteiger partial charge in [-0.15, -0.1) is 0 Å². The number of nitrogens with zero attached hydrogens (tertiary/aromatic N) is 1. The molecule has 0 atom stereocenters. The summed E-state index contributed by atoms with van der Waals surface area (Å²) in [6, 6.07) is 13.7. The second kappa shape index (κ2) is 8.29. The van der Waals surface area contributed by atoms with Gasteiger partial charge in [-0.25, -0.2) is 0 Å². The first kappa shape index (κ1) is 17.0. The first-order chi connectivity index (χ1) is 11.1. The van der Waals surface area contributed by atoms with Crippen molar-refractivity contribution in [2.45, 2.75) is 6.54 Å². The van der Waals surface area contributed by atoms with Crippen LogP contribution in [0.4, 0.5) is 11.4 Å². The molecule has 0 spiro atoms. The topological polar surface area (TPSA) is 59.8 Å². The summed E-state index contributed by atoms with van der Waals surface area (Å²) in [6.07, 6.45) is 0. The van der Waals surface area contributed by atoms with E-state index in [-0.39, 0.29) is 0 Å². The van der Waals surface area contributed by atoms with Crippen molar-refractivity contribution in [2.75, 3.05) is 45.4 Å². The smallest absolute Gasteiger partial charge is 0.165 e. The van der Waals surface area contributed by atoms with Crippen molar-refractivity contribution in [3.8, 4) is 11.5 Å². The van der Waals surface area contributed by atoms with Gasteiger partial charge in [0, 0.05) is 13.1 Å². The lowest BCUT2D eigenvalue weighted by molar-refractivity contribution is 0.263. The van der Waals surface area contributed by atoms with Crippen molar-refractivity contribution in [2.24, 2.45) is 0 Å². The summed E-state index contributed by atoms with van der Waals surface area (Å²) in [6.45, 7) is 2.13. The molecule has 0 radical (unpaired) electrons. The molecule has 5 nitrogen and oxygen atoms in total. The van der Waals surface area contributed by atoms with E-state index in [1.165, 1.54) is 0 Å². The van der Waals surface area contributed by atoms with Gasteiger partial charge in [-0.3, -0.25) is 0 Å². The minimum atomic E-state index is 0.596. The Morgan fingerprint density at radius 3 is 2.48 bits per heavy atom. The largest absolute Gasteiger partial charge is 0.497 e. The summed E-state index contributed by atoms with van der Waals surface area (Å²) in [5.74, 6) is 1.56. The molecule has 0 aliphatic carbocycles. The number of anilines is 2. The number of likely N-dealkylation sites (N-methyl/N-ethyl adjacent to an activating group) is 1. The number of ether oxygens (including phenoxy) is 2. The van der Waals surface area contributed by atoms with E-state index in [1.54, 1.807) is 7.11 Å². The van der Waals surface area contributed by atoms with Crippen molar-refractivity contribution in [3.63, 3.8) is 0 Å². The van der Waals surface area contributed by atoms with E-state index in [4.69, 9.17) is 15.2 Å². The number of hydrogen-bond donors (Lipinski definition) is 2. The van der Waals surface area contributed by atoms with Gasteiger partial charge in [0.1, 0.15) is 12.4 Å². The third-order valence-corrected chi connectivity index (χ3v) is 3.47. The highest BCUT2D eigenvalue weighted by Crippen LogP contribution is 2.31. The van der Waals surface area contributed by atoms with Gasteiger partial charge in [0.2, 0.25) is 0 Å². The molecule has 0 fully saturated rings. The van der Waals surface area contributed by atoms with E-state index in [1.807, 2.05) is 56.6 Å². The van der Waals surface area contributed by atoms with Gasteiger partial charge in [-0.1, -0.05) is 18.2 Å². The van der Waals surface area contributed by atoms with Crippen LogP contribution in [0.15, 0.2) is 42.5 Å². The Morgan fingerprint density at radius 2 is 1.83 bits per heavy atom. The lowest BCUT2D eigenvalue weighted by Crippen LogP contribution is -2.20. The highest BCUT2D eigenvalue weighted by Gasteiger charge is 2.08. The predicted octanol–water partition coefficient (Wildman–Crippen LogP) is 2.83. The summed E-state index contributed by atoms with van der Waals surface area (Å²) >= 11 is 0. The summed E-state index contributed by atoms with van der Waals surface area (Å²) in [7, 11) is 5.69. The fraction of sp³-hybridized carbons (Fsp3) is 0.333. The Hall–Kier alpha value is -2.40. The molecule has 3 N–H and O–H groups in total. The minimum absolute atomic E-state index is 0.596. The molecule has 0 saturated heterocycles. The van der Waals surface area contributed by atoms with E-state index < -0.39 is 0 Å². The Labute approximate surface area is 138 Å². The number of nitrogen functional groups attached to an aromatic ring is 1. The molecule has 5 heteroatoms. The van der Waals surface area contributed by atoms with Gasteiger partial charge in [-0.2, -0.15) is 0 Å². The number of hydrogen-bond acceptors (Lipinski definition) is 5. The first-order valence-corrected chi connectivity index (χ1v) is 7.63. The number of rotatable bonds is 8.